The number of nitrogens with one attached hydrogen (secondary N) is 1. The number of amides is 1. The highest BCUT2D eigenvalue weighted by molar-refractivity contribution is 6.29. The number of hydrogen-bond donors (Lipinski definition) is 1. The minimum atomic E-state index is -0.0426. The van der Waals surface area contributed by atoms with Crippen LogP contribution in [0.4, 0.5) is 5.69 Å². The molecule has 0 aromatic carbocycles. The number of carbonyl (C=O) groups excluding carboxylic acids is 1. The lowest BCUT2D eigenvalue weighted by Gasteiger charge is -2.33. The Bertz CT molecular complexity index is 758. The topological polar surface area (TPSA) is 58.1 Å². The minimum absolute atomic E-state index is 0.0334. The van der Waals surface area contributed by atoms with Crippen molar-refractivity contribution < 1.29 is 4.79 Å². The first-order valence-electron chi connectivity index (χ1n) is 7.79. The third-order valence-corrected chi connectivity index (χ3v) is 5.03. The van der Waals surface area contributed by atoms with E-state index in [-0.39, 0.29) is 11.3 Å². The molecule has 0 bridgehead atoms. The van der Waals surface area contributed by atoms with E-state index in [9.17, 15) is 4.79 Å². The molecule has 2 aliphatic heterocycles. The van der Waals surface area contributed by atoms with Gasteiger partial charge in [0.05, 0.1) is 11.4 Å². The third-order valence-electron chi connectivity index (χ3n) is 4.82. The highest BCUT2D eigenvalue weighted by Crippen LogP contribution is 2.45. The number of piperidine rings is 1. The molecule has 0 unspecified atom stereocenters. The first-order valence-corrected chi connectivity index (χ1v) is 8.17. The fourth-order valence-electron chi connectivity index (χ4n) is 3.66. The van der Waals surface area contributed by atoms with Gasteiger partial charge >= 0.3 is 0 Å². The molecular weight excluding hydrogens is 312 g/mol. The highest BCUT2D eigenvalue weighted by Gasteiger charge is 2.46. The number of anilines is 1. The van der Waals surface area contributed by atoms with Crippen molar-refractivity contribution in [1.82, 2.24) is 15.3 Å². The maximum atomic E-state index is 13.0. The van der Waals surface area contributed by atoms with E-state index >= 15 is 0 Å². The van der Waals surface area contributed by atoms with Gasteiger partial charge in [0, 0.05) is 29.9 Å². The maximum absolute atomic E-state index is 13.0. The number of halogens is 1. The molecule has 0 saturated carbocycles. The van der Waals surface area contributed by atoms with Gasteiger partial charge in [-0.05, 0) is 50.2 Å². The second kappa shape index (κ2) is 5.58. The quantitative estimate of drug-likeness (QED) is 0.817. The Morgan fingerprint density at radius 2 is 2.04 bits per heavy atom. The van der Waals surface area contributed by atoms with Crippen LogP contribution >= 0.6 is 11.6 Å². The first-order chi connectivity index (χ1) is 11.2. The maximum Gasteiger partial charge on any atom is 0.258 e. The molecule has 1 fully saturated rings. The van der Waals surface area contributed by atoms with Crippen LogP contribution in [0, 0.1) is 0 Å². The van der Waals surface area contributed by atoms with Crippen molar-refractivity contribution in [2.75, 3.05) is 24.5 Å². The number of aromatic nitrogens is 2. The summed E-state index contributed by atoms with van der Waals surface area (Å²) >= 11 is 5.94. The van der Waals surface area contributed by atoms with Crippen LogP contribution in [-0.4, -0.2) is 35.5 Å². The van der Waals surface area contributed by atoms with E-state index in [1.807, 2.05) is 23.2 Å². The molecular formula is C17H17ClN4O. The van der Waals surface area contributed by atoms with Crippen molar-refractivity contribution in [1.29, 1.82) is 0 Å². The largest absolute Gasteiger partial charge is 0.317 e. The van der Waals surface area contributed by atoms with Crippen LogP contribution < -0.4 is 10.2 Å². The van der Waals surface area contributed by atoms with Gasteiger partial charge in [-0.2, -0.15) is 0 Å². The number of rotatable bonds is 1. The van der Waals surface area contributed by atoms with Gasteiger partial charge in [0.15, 0.2) is 0 Å². The summed E-state index contributed by atoms with van der Waals surface area (Å²) in [7, 11) is 0. The summed E-state index contributed by atoms with van der Waals surface area (Å²) < 4.78 is 0. The molecule has 1 N–H and O–H groups in total. The number of pyridine rings is 2. The Labute approximate surface area is 139 Å². The Morgan fingerprint density at radius 1 is 1.22 bits per heavy atom. The van der Waals surface area contributed by atoms with Crippen molar-refractivity contribution in [3.05, 3.63) is 53.1 Å². The zero-order valence-corrected chi connectivity index (χ0v) is 13.4. The van der Waals surface area contributed by atoms with Gasteiger partial charge in [-0.1, -0.05) is 11.6 Å². The van der Waals surface area contributed by atoms with Gasteiger partial charge in [0.25, 0.3) is 5.91 Å². The van der Waals surface area contributed by atoms with E-state index in [1.54, 1.807) is 18.3 Å². The smallest absolute Gasteiger partial charge is 0.258 e. The lowest BCUT2D eigenvalue weighted by atomic mass is 9.77. The second-order valence-electron chi connectivity index (χ2n) is 6.16. The van der Waals surface area contributed by atoms with Gasteiger partial charge in [-0.15, -0.1) is 0 Å². The number of fused-ring (bicyclic) bond motifs is 2. The van der Waals surface area contributed by atoms with Gasteiger partial charge in [-0.3, -0.25) is 9.78 Å². The number of nitrogens with zero attached hydrogens (tertiary/aromatic N) is 3. The molecule has 0 aliphatic carbocycles. The van der Waals surface area contributed by atoms with E-state index in [4.69, 9.17) is 11.6 Å². The second-order valence-corrected chi connectivity index (χ2v) is 6.55. The predicted molar refractivity (Wildman–Crippen MR) is 88.9 cm³/mol. The molecule has 4 heterocycles. The first kappa shape index (κ1) is 14.6. The Balaban J connectivity index is 1.74. The summed E-state index contributed by atoms with van der Waals surface area (Å²) in [5, 5.41) is 3.72. The van der Waals surface area contributed by atoms with Crippen LogP contribution in [0.25, 0.3) is 0 Å². The SMILES string of the molecule is O=C(c1ccnc(Cl)c1)N1CC2(CCNCC2)c2ncccc21. The molecule has 0 atom stereocenters. The van der Waals surface area contributed by atoms with Crippen molar-refractivity contribution >= 4 is 23.2 Å². The van der Waals surface area contributed by atoms with Crippen LogP contribution in [0.1, 0.15) is 28.9 Å². The Morgan fingerprint density at radius 3 is 2.83 bits per heavy atom. The summed E-state index contributed by atoms with van der Waals surface area (Å²) in [6, 6.07) is 7.20. The summed E-state index contributed by atoms with van der Waals surface area (Å²) in [5.41, 5.74) is 2.50. The van der Waals surface area contributed by atoms with Gasteiger partial charge in [-0.25, -0.2) is 4.98 Å². The van der Waals surface area contributed by atoms with Gasteiger partial charge in [0.1, 0.15) is 5.15 Å². The van der Waals surface area contributed by atoms with Crippen LogP contribution in [-0.2, 0) is 5.41 Å². The Kier molecular flexibility index (Phi) is 3.54. The standard InChI is InChI=1S/C17H17ClN4O/c18-14-10-12(3-7-20-14)16(23)22-11-17(4-8-19-9-5-17)15-13(22)2-1-6-21-15/h1-3,6-7,10,19H,4-5,8-9,11H2. The van der Waals surface area contributed by atoms with E-state index in [0.29, 0.717) is 17.3 Å². The third kappa shape index (κ3) is 2.40. The van der Waals surface area contributed by atoms with Crippen LogP contribution in [0.3, 0.4) is 0 Å². The molecule has 2 aromatic heterocycles. The average Bonchev–Trinajstić information content (AvgIpc) is 2.90. The Hall–Kier alpha value is -1.98. The van der Waals surface area contributed by atoms with E-state index in [0.717, 1.165) is 37.3 Å². The van der Waals surface area contributed by atoms with Crippen LogP contribution in [0.15, 0.2) is 36.7 Å². The minimum Gasteiger partial charge on any atom is -0.317 e. The molecule has 0 radical (unpaired) electrons. The van der Waals surface area contributed by atoms with Crippen molar-refractivity contribution in [3.8, 4) is 0 Å². The zero-order chi connectivity index (χ0) is 15.9. The zero-order valence-electron chi connectivity index (χ0n) is 12.6. The van der Waals surface area contributed by atoms with E-state index in [2.05, 4.69) is 15.3 Å². The number of carbonyl (C=O) groups is 1. The average molecular weight is 329 g/mol. The molecule has 23 heavy (non-hydrogen) atoms. The van der Waals surface area contributed by atoms with Crippen molar-refractivity contribution in [2.45, 2.75) is 18.3 Å². The summed E-state index contributed by atoms with van der Waals surface area (Å²) in [6.07, 6.45) is 5.38. The fourth-order valence-corrected chi connectivity index (χ4v) is 3.83. The lowest BCUT2D eigenvalue weighted by molar-refractivity contribution is 0.0982. The van der Waals surface area contributed by atoms with E-state index < -0.39 is 0 Å². The normalized spacial score (nSPS) is 18.9. The molecule has 118 valence electrons. The lowest BCUT2D eigenvalue weighted by Crippen LogP contribution is -2.44. The molecule has 1 amide bonds. The van der Waals surface area contributed by atoms with Crippen LogP contribution in [0.2, 0.25) is 5.15 Å². The van der Waals surface area contributed by atoms with Crippen molar-refractivity contribution in [3.63, 3.8) is 0 Å². The molecule has 2 aromatic rings. The predicted octanol–water partition coefficient (Wildman–Crippen LogP) is 2.41. The monoisotopic (exact) mass is 328 g/mol. The summed E-state index contributed by atoms with van der Waals surface area (Å²) in [4.78, 5) is 23.4. The summed E-state index contributed by atoms with van der Waals surface area (Å²) in [5.74, 6) is -0.0426. The molecule has 1 saturated heterocycles. The van der Waals surface area contributed by atoms with Crippen LogP contribution in [0.5, 0.6) is 0 Å². The van der Waals surface area contributed by atoms with E-state index in [1.165, 1.54) is 0 Å². The molecule has 2 aliphatic rings. The molecule has 1 spiro atoms. The van der Waals surface area contributed by atoms with Gasteiger partial charge in [0.2, 0.25) is 0 Å². The molecule has 4 rings (SSSR count). The number of hydrogen-bond acceptors (Lipinski definition) is 4. The highest BCUT2D eigenvalue weighted by atomic mass is 35.5. The van der Waals surface area contributed by atoms with Gasteiger partial charge < -0.3 is 10.2 Å². The molecule has 5 nitrogen and oxygen atoms in total. The molecule has 6 heteroatoms. The summed E-state index contributed by atoms with van der Waals surface area (Å²) in [6.45, 7) is 2.60. The fraction of sp³-hybridized carbons (Fsp3) is 0.353. The van der Waals surface area contributed by atoms with Crippen molar-refractivity contribution in [2.24, 2.45) is 0 Å².